The van der Waals surface area contributed by atoms with Crippen LogP contribution in [0, 0.1) is 6.92 Å². The summed E-state index contributed by atoms with van der Waals surface area (Å²) in [5.74, 6) is 0.938. The second-order valence-electron chi connectivity index (χ2n) is 5.10. The van der Waals surface area contributed by atoms with E-state index in [4.69, 9.17) is 9.47 Å². The van der Waals surface area contributed by atoms with Gasteiger partial charge in [-0.1, -0.05) is 0 Å². The number of nitrogens with zero attached hydrogens (tertiary/aromatic N) is 1. The highest BCUT2D eigenvalue weighted by molar-refractivity contribution is 6.07. The van der Waals surface area contributed by atoms with Crippen molar-refractivity contribution in [2.24, 2.45) is 0 Å². The Morgan fingerprint density at radius 2 is 2.00 bits per heavy atom. The minimum absolute atomic E-state index is 0.244. The molecule has 3 aromatic rings. The first-order valence-corrected chi connectivity index (χ1v) is 7.10. The van der Waals surface area contributed by atoms with E-state index in [-0.39, 0.29) is 5.91 Å². The molecule has 6 heteroatoms. The zero-order chi connectivity index (χ0) is 16.4. The van der Waals surface area contributed by atoms with Crippen molar-refractivity contribution in [1.82, 2.24) is 10.2 Å². The summed E-state index contributed by atoms with van der Waals surface area (Å²) in [5.41, 5.74) is 2.78. The van der Waals surface area contributed by atoms with Crippen molar-refractivity contribution in [2.75, 3.05) is 19.5 Å². The monoisotopic (exact) mass is 311 g/mol. The van der Waals surface area contributed by atoms with Crippen molar-refractivity contribution < 1.29 is 14.3 Å². The summed E-state index contributed by atoms with van der Waals surface area (Å²) in [6.45, 7) is 1.85. The average molecular weight is 311 g/mol. The van der Waals surface area contributed by atoms with Gasteiger partial charge in [0.25, 0.3) is 5.91 Å². The second kappa shape index (κ2) is 6.00. The van der Waals surface area contributed by atoms with Gasteiger partial charge in [0, 0.05) is 16.6 Å². The molecule has 0 unspecified atom stereocenters. The Kier molecular flexibility index (Phi) is 3.89. The molecule has 2 aromatic carbocycles. The number of anilines is 1. The molecule has 2 N–H and O–H groups in total. The number of hydrogen-bond donors (Lipinski definition) is 2. The van der Waals surface area contributed by atoms with Gasteiger partial charge in [-0.3, -0.25) is 9.89 Å². The van der Waals surface area contributed by atoms with Crippen LogP contribution in [0.2, 0.25) is 0 Å². The van der Waals surface area contributed by atoms with Gasteiger partial charge < -0.3 is 14.8 Å². The number of benzene rings is 2. The van der Waals surface area contributed by atoms with Gasteiger partial charge in [0.1, 0.15) is 11.5 Å². The minimum Gasteiger partial charge on any atom is -0.496 e. The first kappa shape index (κ1) is 14.9. The predicted molar refractivity (Wildman–Crippen MR) is 88.3 cm³/mol. The largest absolute Gasteiger partial charge is 0.496 e. The van der Waals surface area contributed by atoms with Gasteiger partial charge >= 0.3 is 0 Å². The van der Waals surface area contributed by atoms with Crippen LogP contribution < -0.4 is 14.8 Å². The summed E-state index contributed by atoms with van der Waals surface area (Å²) in [5, 5.41) is 10.7. The Labute approximate surface area is 133 Å². The summed E-state index contributed by atoms with van der Waals surface area (Å²) < 4.78 is 10.6. The molecule has 1 aromatic heterocycles. The lowest BCUT2D eigenvalue weighted by atomic mass is 10.1. The molecule has 0 radical (unpaired) electrons. The highest BCUT2D eigenvalue weighted by Gasteiger charge is 2.17. The van der Waals surface area contributed by atoms with Crippen LogP contribution in [-0.2, 0) is 0 Å². The highest BCUT2D eigenvalue weighted by atomic mass is 16.5. The molecule has 0 aliphatic carbocycles. The summed E-state index contributed by atoms with van der Waals surface area (Å²) in [7, 11) is 3.12. The number of ether oxygens (including phenoxy) is 2. The Balaban J connectivity index is 1.92. The van der Waals surface area contributed by atoms with Gasteiger partial charge in [-0.05, 0) is 37.3 Å². The Morgan fingerprint density at radius 1 is 1.17 bits per heavy atom. The fourth-order valence-corrected chi connectivity index (χ4v) is 2.55. The normalized spacial score (nSPS) is 10.6. The summed E-state index contributed by atoms with van der Waals surface area (Å²) >= 11 is 0. The van der Waals surface area contributed by atoms with E-state index in [1.165, 1.54) is 7.11 Å². The fourth-order valence-electron chi connectivity index (χ4n) is 2.55. The molecular weight excluding hydrogens is 294 g/mol. The van der Waals surface area contributed by atoms with Crippen molar-refractivity contribution >= 4 is 22.5 Å². The van der Waals surface area contributed by atoms with Gasteiger partial charge in [0.15, 0.2) is 0 Å². The van der Waals surface area contributed by atoms with Gasteiger partial charge in [-0.25, -0.2) is 0 Å². The molecular formula is C17H17N3O3. The predicted octanol–water partition coefficient (Wildman–Crippen LogP) is 3.14. The van der Waals surface area contributed by atoms with E-state index >= 15 is 0 Å². The molecule has 0 aliphatic rings. The first-order valence-electron chi connectivity index (χ1n) is 7.10. The van der Waals surface area contributed by atoms with Gasteiger partial charge in [-0.15, -0.1) is 0 Å². The summed E-state index contributed by atoms with van der Waals surface area (Å²) in [6.07, 6.45) is 1.73. The average Bonchev–Trinajstić information content (AvgIpc) is 3.02. The maximum Gasteiger partial charge on any atom is 0.259 e. The number of aromatic nitrogens is 2. The number of nitrogens with one attached hydrogen (secondary N) is 2. The zero-order valence-corrected chi connectivity index (χ0v) is 13.1. The van der Waals surface area contributed by atoms with E-state index in [2.05, 4.69) is 15.5 Å². The molecule has 23 heavy (non-hydrogen) atoms. The van der Waals surface area contributed by atoms with E-state index in [1.54, 1.807) is 25.4 Å². The lowest BCUT2D eigenvalue weighted by Crippen LogP contribution is -2.14. The number of H-pyrrole nitrogens is 1. The van der Waals surface area contributed by atoms with Crippen molar-refractivity contribution in [2.45, 2.75) is 6.92 Å². The number of carbonyl (C=O) groups is 1. The van der Waals surface area contributed by atoms with Gasteiger partial charge in [-0.2, -0.15) is 5.10 Å². The van der Waals surface area contributed by atoms with Gasteiger partial charge in [0.05, 0.1) is 31.5 Å². The summed E-state index contributed by atoms with van der Waals surface area (Å²) in [4.78, 5) is 12.6. The van der Waals surface area contributed by atoms with E-state index < -0.39 is 0 Å². The third-order valence-corrected chi connectivity index (χ3v) is 3.72. The molecule has 0 saturated heterocycles. The van der Waals surface area contributed by atoms with Crippen molar-refractivity contribution in [3.63, 3.8) is 0 Å². The number of hydrogen-bond acceptors (Lipinski definition) is 4. The third-order valence-electron chi connectivity index (χ3n) is 3.72. The molecule has 0 saturated carbocycles. The molecule has 3 rings (SSSR count). The Bertz CT molecular complexity index is 871. The number of carbonyl (C=O) groups excluding carboxylic acids is 1. The molecule has 0 atom stereocenters. The molecule has 1 amide bonds. The highest BCUT2D eigenvalue weighted by Crippen LogP contribution is 2.31. The van der Waals surface area contributed by atoms with E-state index in [0.29, 0.717) is 22.7 Å². The maximum atomic E-state index is 12.6. The molecule has 0 bridgehead atoms. The molecule has 1 heterocycles. The third kappa shape index (κ3) is 2.70. The fraction of sp³-hybridized carbons (Fsp3) is 0.176. The van der Waals surface area contributed by atoms with Crippen molar-refractivity contribution in [3.8, 4) is 11.5 Å². The van der Waals surface area contributed by atoms with Crippen LogP contribution in [0.5, 0.6) is 11.5 Å². The zero-order valence-electron chi connectivity index (χ0n) is 13.1. The molecule has 0 fully saturated rings. The molecule has 118 valence electrons. The lowest BCUT2D eigenvalue weighted by Gasteiger charge is -2.14. The van der Waals surface area contributed by atoms with E-state index in [0.717, 1.165) is 16.5 Å². The first-order chi connectivity index (χ1) is 11.1. The number of rotatable bonds is 4. The lowest BCUT2D eigenvalue weighted by molar-refractivity contribution is 0.102. The number of methoxy groups -OCH3 is 2. The van der Waals surface area contributed by atoms with Crippen LogP contribution >= 0.6 is 0 Å². The molecule has 6 nitrogen and oxygen atoms in total. The van der Waals surface area contributed by atoms with Crippen molar-refractivity contribution in [3.05, 3.63) is 47.7 Å². The maximum absolute atomic E-state index is 12.6. The van der Waals surface area contributed by atoms with Gasteiger partial charge in [0.2, 0.25) is 0 Å². The number of aromatic amines is 1. The molecule has 0 spiro atoms. The van der Waals surface area contributed by atoms with E-state index in [9.17, 15) is 4.79 Å². The van der Waals surface area contributed by atoms with Crippen LogP contribution in [0.15, 0.2) is 36.5 Å². The van der Waals surface area contributed by atoms with E-state index in [1.807, 2.05) is 25.1 Å². The van der Waals surface area contributed by atoms with Crippen LogP contribution in [0.25, 0.3) is 10.9 Å². The van der Waals surface area contributed by atoms with Crippen molar-refractivity contribution in [1.29, 1.82) is 0 Å². The number of fused-ring (bicyclic) bond motifs is 1. The molecule has 0 aliphatic heterocycles. The summed E-state index contributed by atoms with van der Waals surface area (Å²) in [6, 6.07) is 9.01. The second-order valence-corrected chi connectivity index (χ2v) is 5.10. The quantitative estimate of drug-likeness (QED) is 0.776. The van der Waals surface area contributed by atoms with Crippen LogP contribution in [-0.4, -0.2) is 30.3 Å². The van der Waals surface area contributed by atoms with Crippen LogP contribution in [0.3, 0.4) is 0 Å². The smallest absolute Gasteiger partial charge is 0.259 e. The standard InChI is InChI=1S/C17H17N3O3/c1-10-15(22-2)7-6-13(16(10)23-3)17(21)19-12-5-4-11-9-18-20-14(11)8-12/h4-9H,1-3H3,(H,18,20)(H,19,21). The minimum atomic E-state index is -0.244. The Hall–Kier alpha value is -3.02. The Morgan fingerprint density at radius 3 is 2.74 bits per heavy atom. The van der Waals surface area contributed by atoms with Crippen LogP contribution in [0.1, 0.15) is 15.9 Å². The SMILES string of the molecule is COc1ccc(C(=O)Nc2ccc3cn[nH]c3c2)c(OC)c1C. The topological polar surface area (TPSA) is 76.2 Å². The van der Waals surface area contributed by atoms with Crippen LogP contribution in [0.4, 0.5) is 5.69 Å². The number of amides is 1.